The molecular weight excluding hydrogens is 218 g/mol. The van der Waals surface area contributed by atoms with E-state index in [9.17, 15) is 4.79 Å². The molecule has 0 atom stereocenters. The van der Waals surface area contributed by atoms with E-state index >= 15 is 0 Å². The lowest BCUT2D eigenvalue weighted by Gasteiger charge is -2.19. The highest BCUT2D eigenvalue weighted by molar-refractivity contribution is 5.83. The fraction of sp³-hybridized carbons (Fsp3) is 0.417. The summed E-state index contributed by atoms with van der Waals surface area (Å²) in [7, 11) is 0. The van der Waals surface area contributed by atoms with Gasteiger partial charge >= 0.3 is 6.09 Å². The molecule has 0 fully saturated rings. The SMILES string of the molecule is C=NCc1ccnc(NC(=O)OC(C)(C)C)c1. The number of carbonyl (C=O) groups excluding carboxylic acids is 1. The van der Waals surface area contributed by atoms with Gasteiger partial charge < -0.3 is 4.74 Å². The fourth-order valence-corrected chi connectivity index (χ4v) is 1.18. The number of aromatic nitrogens is 1. The predicted molar refractivity (Wildman–Crippen MR) is 67.3 cm³/mol. The normalized spacial score (nSPS) is 10.8. The molecule has 0 aliphatic heterocycles. The molecule has 0 radical (unpaired) electrons. The van der Waals surface area contributed by atoms with Crippen LogP contribution in [0.4, 0.5) is 10.6 Å². The van der Waals surface area contributed by atoms with Crippen LogP contribution in [0, 0.1) is 0 Å². The minimum atomic E-state index is -0.523. The van der Waals surface area contributed by atoms with E-state index in [4.69, 9.17) is 4.74 Å². The van der Waals surface area contributed by atoms with Crippen molar-refractivity contribution in [3.8, 4) is 0 Å². The van der Waals surface area contributed by atoms with Crippen LogP contribution in [0.15, 0.2) is 23.3 Å². The summed E-state index contributed by atoms with van der Waals surface area (Å²) < 4.78 is 5.12. The van der Waals surface area contributed by atoms with Crippen molar-refractivity contribution in [1.82, 2.24) is 4.98 Å². The van der Waals surface area contributed by atoms with Crippen LogP contribution in [-0.2, 0) is 11.3 Å². The first kappa shape index (κ1) is 13.2. The summed E-state index contributed by atoms with van der Waals surface area (Å²) in [5.41, 5.74) is 0.408. The quantitative estimate of drug-likeness (QED) is 0.819. The fourth-order valence-electron chi connectivity index (χ4n) is 1.18. The van der Waals surface area contributed by atoms with E-state index in [2.05, 4.69) is 22.0 Å². The van der Waals surface area contributed by atoms with Crippen LogP contribution < -0.4 is 5.32 Å². The van der Waals surface area contributed by atoms with Gasteiger partial charge in [-0.25, -0.2) is 9.78 Å². The standard InChI is InChI=1S/C12H17N3O2/c1-12(2,3)17-11(16)15-10-7-9(8-13-4)5-6-14-10/h5-7H,4,8H2,1-3H3,(H,14,15,16). The first-order valence-corrected chi connectivity index (χ1v) is 5.28. The largest absolute Gasteiger partial charge is 0.444 e. The number of aliphatic imine (C=N–C) groups is 1. The molecule has 17 heavy (non-hydrogen) atoms. The maximum Gasteiger partial charge on any atom is 0.413 e. The molecule has 5 heteroatoms. The topological polar surface area (TPSA) is 63.6 Å². The number of pyridine rings is 1. The Hall–Kier alpha value is -1.91. The highest BCUT2D eigenvalue weighted by Gasteiger charge is 2.16. The lowest BCUT2D eigenvalue weighted by molar-refractivity contribution is 0.0635. The van der Waals surface area contributed by atoms with Crippen LogP contribution in [0.3, 0.4) is 0 Å². The third-order valence-corrected chi connectivity index (χ3v) is 1.75. The van der Waals surface area contributed by atoms with E-state index in [0.29, 0.717) is 12.4 Å². The van der Waals surface area contributed by atoms with Crippen molar-refractivity contribution in [3.63, 3.8) is 0 Å². The van der Waals surface area contributed by atoms with Crippen LogP contribution >= 0.6 is 0 Å². The van der Waals surface area contributed by atoms with E-state index in [1.807, 2.05) is 6.07 Å². The first-order valence-electron chi connectivity index (χ1n) is 5.28. The molecule has 1 aromatic heterocycles. The smallest absolute Gasteiger partial charge is 0.413 e. The zero-order valence-corrected chi connectivity index (χ0v) is 10.4. The second kappa shape index (κ2) is 5.43. The second-order valence-electron chi connectivity index (χ2n) is 4.56. The van der Waals surface area contributed by atoms with Gasteiger partial charge in [0.25, 0.3) is 0 Å². The molecule has 1 heterocycles. The molecular formula is C12H17N3O2. The molecule has 0 aliphatic rings. The first-order chi connectivity index (χ1) is 7.90. The summed E-state index contributed by atoms with van der Waals surface area (Å²) in [6, 6.07) is 3.55. The average molecular weight is 235 g/mol. The predicted octanol–water partition coefficient (Wildman–Crippen LogP) is 2.63. The minimum absolute atomic E-state index is 0.445. The van der Waals surface area contributed by atoms with Gasteiger partial charge in [0, 0.05) is 6.20 Å². The summed E-state index contributed by atoms with van der Waals surface area (Å²) in [6.45, 7) is 9.32. The van der Waals surface area contributed by atoms with E-state index < -0.39 is 11.7 Å². The Kier molecular flexibility index (Phi) is 4.20. The van der Waals surface area contributed by atoms with Gasteiger partial charge in [-0.15, -0.1) is 0 Å². The summed E-state index contributed by atoms with van der Waals surface area (Å²) >= 11 is 0. The molecule has 1 rings (SSSR count). The van der Waals surface area contributed by atoms with E-state index in [1.165, 1.54) is 0 Å². The number of hydrogen-bond donors (Lipinski definition) is 1. The average Bonchev–Trinajstić information content (AvgIpc) is 2.15. The van der Waals surface area contributed by atoms with Gasteiger partial charge in [-0.05, 0) is 45.2 Å². The van der Waals surface area contributed by atoms with Crippen molar-refractivity contribution in [3.05, 3.63) is 23.9 Å². The molecule has 92 valence electrons. The Bertz CT molecular complexity index is 410. The van der Waals surface area contributed by atoms with Crippen molar-refractivity contribution >= 4 is 18.6 Å². The Balaban J connectivity index is 2.65. The summed E-state index contributed by atoms with van der Waals surface area (Å²) in [4.78, 5) is 19.3. The third-order valence-electron chi connectivity index (χ3n) is 1.75. The van der Waals surface area contributed by atoms with E-state index in [1.54, 1.807) is 33.0 Å². The van der Waals surface area contributed by atoms with Crippen molar-refractivity contribution in [2.75, 3.05) is 5.32 Å². The third kappa shape index (κ3) is 5.10. The highest BCUT2D eigenvalue weighted by atomic mass is 16.6. The summed E-state index contributed by atoms with van der Waals surface area (Å²) in [5.74, 6) is 0.445. The Morgan fingerprint density at radius 1 is 1.59 bits per heavy atom. The zero-order chi connectivity index (χ0) is 12.9. The van der Waals surface area contributed by atoms with Crippen LogP contribution in [0.1, 0.15) is 26.3 Å². The number of ether oxygens (including phenoxy) is 1. The Morgan fingerprint density at radius 3 is 2.88 bits per heavy atom. The summed E-state index contributed by atoms with van der Waals surface area (Å²) in [5, 5.41) is 2.56. The number of carbonyl (C=O) groups is 1. The van der Waals surface area contributed by atoms with Crippen LogP contribution in [0.25, 0.3) is 0 Å². The molecule has 0 spiro atoms. The molecule has 0 aromatic carbocycles. The molecule has 0 saturated carbocycles. The number of amides is 1. The van der Waals surface area contributed by atoms with Crippen molar-refractivity contribution in [2.45, 2.75) is 32.9 Å². The van der Waals surface area contributed by atoms with E-state index in [0.717, 1.165) is 5.56 Å². The Morgan fingerprint density at radius 2 is 2.29 bits per heavy atom. The van der Waals surface area contributed by atoms with Gasteiger partial charge in [0.1, 0.15) is 11.4 Å². The maximum atomic E-state index is 11.5. The van der Waals surface area contributed by atoms with Crippen molar-refractivity contribution in [1.29, 1.82) is 0 Å². The lowest BCUT2D eigenvalue weighted by atomic mass is 10.2. The molecule has 1 amide bonds. The van der Waals surface area contributed by atoms with Gasteiger partial charge in [-0.2, -0.15) is 0 Å². The maximum absolute atomic E-state index is 11.5. The van der Waals surface area contributed by atoms with Crippen LogP contribution in [0.2, 0.25) is 0 Å². The number of nitrogens with zero attached hydrogens (tertiary/aromatic N) is 2. The molecule has 1 aromatic rings. The van der Waals surface area contributed by atoms with E-state index in [-0.39, 0.29) is 0 Å². The number of anilines is 1. The molecule has 0 saturated heterocycles. The van der Waals surface area contributed by atoms with Gasteiger partial charge in [0.05, 0.1) is 6.54 Å². The van der Waals surface area contributed by atoms with Gasteiger partial charge in [-0.3, -0.25) is 10.3 Å². The highest BCUT2D eigenvalue weighted by Crippen LogP contribution is 2.11. The molecule has 0 bridgehead atoms. The molecule has 5 nitrogen and oxygen atoms in total. The molecule has 0 unspecified atom stereocenters. The van der Waals surface area contributed by atoms with Crippen LogP contribution in [-0.4, -0.2) is 23.4 Å². The van der Waals surface area contributed by atoms with Gasteiger partial charge in [0.2, 0.25) is 0 Å². The van der Waals surface area contributed by atoms with Gasteiger partial charge in [-0.1, -0.05) is 0 Å². The molecule has 1 N–H and O–H groups in total. The number of hydrogen-bond acceptors (Lipinski definition) is 4. The Labute approximate surface area is 101 Å². The van der Waals surface area contributed by atoms with Crippen LogP contribution in [0.5, 0.6) is 0 Å². The second-order valence-corrected chi connectivity index (χ2v) is 4.56. The monoisotopic (exact) mass is 235 g/mol. The van der Waals surface area contributed by atoms with Gasteiger partial charge in [0.15, 0.2) is 0 Å². The number of rotatable bonds is 3. The lowest BCUT2D eigenvalue weighted by Crippen LogP contribution is -2.27. The minimum Gasteiger partial charge on any atom is -0.444 e. The summed E-state index contributed by atoms with van der Waals surface area (Å²) in [6.07, 6.45) is 1.08. The van der Waals surface area contributed by atoms with Crippen molar-refractivity contribution < 1.29 is 9.53 Å². The molecule has 0 aliphatic carbocycles. The van der Waals surface area contributed by atoms with Crippen molar-refractivity contribution in [2.24, 2.45) is 4.99 Å². The number of nitrogens with one attached hydrogen (secondary N) is 1. The zero-order valence-electron chi connectivity index (χ0n) is 10.4.